The molecule has 1 N–H and O–H groups in total. The lowest BCUT2D eigenvalue weighted by atomic mass is 10.2. The summed E-state index contributed by atoms with van der Waals surface area (Å²) < 4.78 is 5.47. The van der Waals surface area contributed by atoms with Crippen LogP contribution in [0.25, 0.3) is 17.0 Å². The molecule has 1 aromatic carbocycles. The summed E-state index contributed by atoms with van der Waals surface area (Å²) >= 11 is 0. The molecule has 66 valence electrons. The van der Waals surface area contributed by atoms with Gasteiger partial charge in [0.1, 0.15) is 11.3 Å². The topological polar surface area (TPSA) is 33.4 Å². The number of aliphatic hydroxyl groups excluding tert-OH is 1. The normalized spacial score (nSPS) is 11.5. The Bertz CT molecular complexity index is 393. The van der Waals surface area contributed by atoms with Crippen molar-refractivity contribution in [1.82, 2.24) is 0 Å². The largest absolute Gasteiger partial charge is 0.457 e. The Morgan fingerprint density at radius 2 is 2.15 bits per heavy atom. The molecule has 0 spiro atoms. The Kier molecular flexibility index (Phi) is 2.15. The van der Waals surface area contributed by atoms with Crippen LogP contribution in [0.4, 0.5) is 0 Å². The van der Waals surface area contributed by atoms with Crippen LogP contribution < -0.4 is 0 Å². The van der Waals surface area contributed by atoms with E-state index < -0.39 is 0 Å². The summed E-state index contributed by atoms with van der Waals surface area (Å²) in [5.74, 6) is 0.773. The minimum atomic E-state index is 0.0387. The van der Waals surface area contributed by atoms with E-state index in [4.69, 9.17) is 9.52 Å². The van der Waals surface area contributed by atoms with Gasteiger partial charge in [-0.2, -0.15) is 0 Å². The molecule has 0 saturated heterocycles. The number of fused-ring (bicyclic) bond motifs is 1. The molecule has 1 aromatic heterocycles. The van der Waals surface area contributed by atoms with E-state index in [-0.39, 0.29) is 6.61 Å². The van der Waals surface area contributed by atoms with Crippen LogP contribution in [0.2, 0.25) is 0 Å². The average Bonchev–Trinajstić information content (AvgIpc) is 2.57. The monoisotopic (exact) mass is 174 g/mol. The molecule has 0 amide bonds. The van der Waals surface area contributed by atoms with E-state index in [0.29, 0.717) is 0 Å². The number of para-hydroxylation sites is 1. The van der Waals surface area contributed by atoms with Gasteiger partial charge in [-0.1, -0.05) is 24.3 Å². The van der Waals surface area contributed by atoms with Crippen molar-refractivity contribution in [3.05, 3.63) is 42.2 Å². The highest BCUT2D eigenvalue weighted by Gasteiger charge is 1.97. The zero-order chi connectivity index (χ0) is 9.10. The van der Waals surface area contributed by atoms with Crippen LogP contribution in [0.1, 0.15) is 5.76 Å². The van der Waals surface area contributed by atoms with Crippen LogP contribution in [-0.2, 0) is 0 Å². The third kappa shape index (κ3) is 1.63. The van der Waals surface area contributed by atoms with Gasteiger partial charge in [-0.25, -0.2) is 0 Å². The second-order valence-electron chi connectivity index (χ2n) is 2.77. The van der Waals surface area contributed by atoms with Crippen LogP contribution in [0.5, 0.6) is 0 Å². The summed E-state index contributed by atoms with van der Waals surface area (Å²) in [6.45, 7) is 0.0387. The Hall–Kier alpha value is -1.54. The number of furan rings is 1. The number of aliphatic hydroxyl groups is 1. The van der Waals surface area contributed by atoms with Crippen LogP contribution in [0, 0.1) is 0 Å². The molecule has 2 aromatic rings. The highest BCUT2D eigenvalue weighted by Crippen LogP contribution is 2.19. The van der Waals surface area contributed by atoms with E-state index in [1.165, 1.54) is 0 Å². The minimum absolute atomic E-state index is 0.0387. The Morgan fingerprint density at radius 3 is 2.92 bits per heavy atom. The molecule has 2 rings (SSSR count). The number of benzene rings is 1. The van der Waals surface area contributed by atoms with Crippen molar-refractivity contribution >= 4 is 17.0 Å². The molecule has 0 radical (unpaired) electrons. The molecule has 13 heavy (non-hydrogen) atoms. The predicted molar refractivity (Wildman–Crippen MR) is 52.3 cm³/mol. The number of hydrogen-bond donors (Lipinski definition) is 1. The van der Waals surface area contributed by atoms with Crippen molar-refractivity contribution in [1.29, 1.82) is 0 Å². The van der Waals surface area contributed by atoms with Gasteiger partial charge in [-0.15, -0.1) is 0 Å². The molecule has 2 heteroatoms. The molecular formula is C11H10O2. The number of rotatable bonds is 2. The van der Waals surface area contributed by atoms with Crippen molar-refractivity contribution in [2.75, 3.05) is 6.61 Å². The third-order valence-electron chi connectivity index (χ3n) is 1.83. The molecular weight excluding hydrogens is 164 g/mol. The summed E-state index contributed by atoms with van der Waals surface area (Å²) in [5, 5.41) is 9.66. The standard InChI is InChI=1S/C11H10O2/c12-7-3-5-10-8-9-4-1-2-6-11(9)13-10/h1-6,8,12H,7H2/b5-3+. The van der Waals surface area contributed by atoms with Gasteiger partial charge in [-0.05, 0) is 18.2 Å². The Labute approximate surface area is 76.1 Å². The van der Waals surface area contributed by atoms with Crippen LogP contribution in [-0.4, -0.2) is 11.7 Å². The summed E-state index contributed by atoms with van der Waals surface area (Å²) in [6.07, 6.45) is 3.41. The minimum Gasteiger partial charge on any atom is -0.457 e. The van der Waals surface area contributed by atoms with Crippen molar-refractivity contribution in [3.8, 4) is 0 Å². The fraction of sp³-hybridized carbons (Fsp3) is 0.0909. The van der Waals surface area contributed by atoms with Gasteiger partial charge in [0.2, 0.25) is 0 Å². The highest BCUT2D eigenvalue weighted by molar-refractivity contribution is 5.79. The number of hydrogen-bond acceptors (Lipinski definition) is 2. The van der Waals surface area contributed by atoms with E-state index in [1.54, 1.807) is 12.2 Å². The molecule has 0 atom stereocenters. The smallest absolute Gasteiger partial charge is 0.134 e. The maximum absolute atomic E-state index is 8.57. The first-order valence-corrected chi connectivity index (χ1v) is 4.16. The van der Waals surface area contributed by atoms with Crippen molar-refractivity contribution in [2.24, 2.45) is 0 Å². The SMILES string of the molecule is OC/C=C/c1cc2ccccc2o1. The van der Waals surface area contributed by atoms with Gasteiger partial charge in [0.25, 0.3) is 0 Å². The van der Waals surface area contributed by atoms with E-state index in [2.05, 4.69) is 0 Å². The van der Waals surface area contributed by atoms with Gasteiger partial charge < -0.3 is 9.52 Å². The van der Waals surface area contributed by atoms with Crippen molar-refractivity contribution < 1.29 is 9.52 Å². The van der Waals surface area contributed by atoms with Gasteiger partial charge in [0.05, 0.1) is 6.61 Å². The lowest BCUT2D eigenvalue weighted by molar-refractivity contribution is 0.343. The fourth-order valence-electron chi connectivity index (χ4n) is 1.25. The lowest BCUT2D eigenvalue weighted by Gasteiger charge is -1.83. The molecule has 0 aliphatic rings. The second kappa shape index (κ2) is 3.46. The van der Waals surface area contributed by atoms with Crippen molar-refractivity contribution in [2.45, 2.75) is 0 Å². The summed E-state index contributed by atoms with van der Waals surface area (Å²) in [5.41, 5.74) is 0.875. The van der Waals surface area contributed by atoms with Gasteiger partial charge in [0.15, 0.2) is 0 Å². The first-order chi connectivity index (χ1) is 6.40. The maximum atomic E-state index is 8.57. The Balaban J connectivity index is 2.44. The summed E-state index contributed by atoms with van der Waals surface area (Å²) in [7, 11) is 0. The summed E-state index contributed by atoms with van der Waals surface area (Å²) in [4.78, 5) is 0. The highest BCUT2D eigenvalue weighted by atomic mass is 16.3. The van der Waals surface area contributed by atoms with Crippen LogP contribution in [0.15, 0.2) is 40.8 Å². The second-order valence-corrected chi connectivity index (χ2v) is 2.77. The summed E-state index contributed by atoms with van der Waals surface area (Å²) in [6, 6.07) is 9.77. The maximum Gasteiger partial charge on any atom is 0.134 e. The molecule has 0 unspecified atom stereocenters. The van der Waals surface area contributed by atoms with Gasteiger partial charge in [0, 0.05) is 5.39 Å². The Morgan fingerprint density at radius 1 is 1.31 bits per heavy atom. The first kappa shape index (κ1) is 8.08. The fourth-order valence-corrected chi connectivity index (χ4v) is 1.25. The zero-order valence-electron chi connectivity index (χ0n) is 7.10. The van der Waals surface area contributed by atoms with Crippen molar-refractivity contribution in [3.63, 3.8) is 0 Å². The van der Waals surface area contributed by atoms with Crippen LogP contribution in [0.3, 0.4) is 0 Å². The lowest BCUT2D eigenvalue weighted by Crippen LogP contribution is -1.69. The van der Waals surface area contributed by atoms with Crippen LogP contribution >= 0.6 is 0 Å². The molecule has 2 nitrogen and oxygen atoms in total. The predicted octanol–water partition coefficient (Wildman–Crippen LogP) is 2.44. The van der Waals surface area contributed by atoms with E-state index in [1.807, 2.05) is 30.3 Å². The molecule has 0 bridgehead atoms. The van der Waals surface area contributed by atoms with Gasteiger partial charge >= 0.3 is 0 Å². The molecule has 1 heterocycles. The van der Waals surface area contributed by atoms with E-state index in [9.17, 15) is 0 Å². The van der Waals surface area contributed by atoms with E-state index in [0.717, 1.165) is 16.7 Å². The first-order valence-electron chi connectivity index (χ1n) is 4.16. The quantitative estimate of drug-likeness (QED) is 0.758. The van der Waals surface area contributed by atoms with E-state index >= 15 is 0 Å². The molecule has 0 saturated carbocycles. The molecule has 0 fully saturated rings. The molecule has 0 aliphatic heterocycles. The zero-order valence-corrected chi connectivity index (χ0v) is 7.10. The molecule has 0 aliphatic carbocycles. The average molecular weight is 174 g/mol. The third-order valence-corrected chi connectivity index (χ3v) is 1.83. The van der Waals surface area contributed by atoms with Gasteiger partial charge in [-0.3, -0.25) is 0 Å².